The summed E-state index contributed by atoms with van der Waals surface area (Å²) in [6.45, 7) is -1.16. The Morgan fingerprint density at radius 2 is 2.00 bits per heavy atom. The molecular formula is C17H15F2N5O2. The van der Waals surface area contributed by atoms with Gasteiger partial charge >= 0.3 is 6.61 Å². The molecule has 0 fully saturated rings. The van der Waals surface area contributed by atoms with Gasteiger partial charge in [0, 0.05) is 0 Å². The van der Waals surface area contributed by atoms with Gasteiger partial charge in [0.25, 0.3) is 5.91 Å². The lowest BCUT2D eigenvalue weighted by molar-refractivity contribution is -0.0499. The minimum absolute atomic E-state index is 0.0349. The maximum atomic E-state index is 12.7. The SMILES string of the molecule is CC(NC(=O)c1ccccc1-n1cnnn1)c1cccc(OC(F)F)c1. The van der Waals surface area contributed by atoms with Crippen molar-refractivity contribution in [3.63, 3.8) is 0 Å². The number of rotatable bonds is 6. The normalized spacial score (nSPS) is 12.0. The summed E-state index contributed by atoms with van der Waals surface area (Å²) in [7, 11) is 0. The van der Waals surface area contributed by atoms with Crippen LogP contribution in [0.25, 0.3) is 5.69 Å². The lowest BCUT2D eigenvalue weighted by Crippen LogP contribution is -2.27. The Kier molecular flexibility index (Phi) is 5.16. The molecule has 7 nitrogen and oxygen atoms in total. The first-order chi connectivity index (χ1) is 12.5. The van der Waals surface area contributed by atoms with E-state index >= 15 is 0 Å². The van der Waals surface area contributed by atoms with Gasteiger partial charge in [-0.3, -0.25) is 4.79 Å². The summed E-state index contributed by atoms with van der Waals surface area (Å²) in [6, 6.07) is 12.6. The van der Waals surface area contributed by atoms with E-state index in [4.69, 9.17) is 0 Å². The van der Waals surface area contributed by atoms with Crippen LogP contribution in [-0.2, 0) is 0 Å². The number of carbonyl (C=O) groups excluding carboxylic acids is 1. The van der Waals surface area contributed by atoms with Crippen molar-refractivity contribution < 1.29 is 18.3 Å². The second-order valence-corrected chi connectivity index (χ2v) is 5.42. The van der Waals surface area contributed by atoms with Crippen LogP contribution in [0.1, 0.15) is 28.9 Å². The number of aromatic nitrogens is 4. The molecule has 1 N–H and O–H groups in total. The topological polar surface area (TPSA) is 81.9 Å². The van der Waals surface area contributed by atoms with Crippen molar-refractivity contribution >= 4 is 5.91 Å². The van der Waals surface area contributed by atoms with Gasteiger partial charge in [-0.1, -0.05) is 24.3 Å². The summed E-state index contributed by atoms with van der Waals surface area (Å²) in [6.07, 6.45) is 1.39. The van der Waals surface area contributed by atoms with Crippen molar-refractivity contribution in [2.24, 2.45) is 0 Å². The zero-order valence-electron chi connectivity index (χ0n) is 13.7. The van der Waals surface area contributed by atoms with E-state index in [1.807, 2.05) is 0 Å². The Morgan fingerprint density at radius 3 is 2.73 bits per heavy atom. The monoisotopic (exact) mass is 359 g/mol. The number of tetrazole rings is 1. The molecule has 0 aliphatic rings. The number of amides is 1. The van der Waals surface area contributed by atoms with Gasteiger partial charge in [0.2, 0.25) is 0 Å². The Hall–Kier alpha value is -3.36. The molecular weight excluding hydrogens is 344 g/mol. The quantitative estimate of drug-likeness (QED) is 0.732. The lowest BCUT2D eigenvalue weighted by atomic mass is 10.1. The van der Waals surface area contributed by atoms with Crippen LogP contribution in [0.4, 0.5) is 8.78 Å². The molecule has 0 saturated carbocycles. The molecule has 2 aromatic carbocycles. The first kappa shape index (κ1) is 17.5. The Balaban J connectivity index is 1.79. The maximum Gasteiger partial charge on any atom is 0.387 e. The van der Waals surface area contributed by atoms with Crippen LogP contribution in [0.2, 0.25) is 0 Å². The third-order valence-corrected chi connectivity index (χ3v) is 3.68. The van der Waals surface area contributed by atoms with Crippen molar-refractivity contribution in [3.05, 3.63) is 66.0 Å². The van der Waals surface area contributed by atoms with Crippen LogP contribution in [0, 0.1) is 0 Å². The minimum atomic E-state index is -2.90. The van der Waals surface area contributed by atoms with Crippen LogP contribution < -0.4 is 10.1 Å². The predicted molar refractivity (Wildman–Crippen MR) is 88.1 cm³/mol. The molecule has 134 valence electrons. The molecule has 1 heterocycles. The maximum absolute atomic E-state index is 12.7. The van der Waals surface area contributed by atoms with Crippen LogP contribution in [0.15, 0.2) is 54.9 Å². The van der Waals surface area contributed by atoms with E-state index in [0.29, 0.717) is 16.8 Å². The zero-order valence-corrected chi connectivity index (χ0v) is 13.7. The molecule has 1 unspecified atom stereocenters. The fraction of sp³-hybridized carbons (Fsp3) is 0.176. The summed E-state index contributed by atoms with van der Waals surface area (Å²) < 4.78 is 30.5. The van der Waals surface area contributed by atoms with Gasteiger partial charge in [-0.15, -0.1) is 5.10 Å². The summed E-state index contributed by atoms with van der Waals surface area (Å²) in [4.78, 5) is 12.7. The fourth-order valence-corrected chi connectivity index (χ4v) is 2.45. The van der Waals surface area contributed by atoms with Crippen molar-refractivity contribution in [1.29, 1.82) is 0 Å². The molecule has 0 aliphatic heterocycles. The van der Waals surface area contributed by atoms with E-state index in [9.17, 15) is 13.6 Å². The molecule has 9 heteroatoms. The van der Waals surface area contributed by atoms with Crippen molar-refractivity contribution in [2.75, 3.05) is 0 Å². The van der Waals surface area contributed by atoms with Crippen molar-refractivity contribution in [1.82, 2.24) is 25.5 Å². The molecule has 0 saturated heterocycles. The van der Waals surface area contributed by atoms with E-state index in [0.717, 1.165) is 0 Å². The largest absolute Gasteiger partial charge is 0.435 e. The minimum Gasteiger partial charge on any atom is -0.435 e. The van der Waals surface area contributed by atoms with Gasteiger partial charge in [-0.25, -0.2) is 0 Å². The van der Waals surface area contributed by atoms with Crippen LogP contribution >= 0.6 is 0 Å². The third-order valence-electron chi connectivity index (χ3n) is 3.68. The molecule has 0 aliphatic carbocycles. The summed E-state index contributed by atoms with van der Waals surface area (Å²) in [5.74, 6) is -0.309. The highest BCUT2D eigenvalue weighted by atomic mass is 19.3. The first-order valence-electron chi connectivity index (χ1n) is 7.72. The number of para-hydroxylation sites is 1. The van der Waals surface area contributed by atoms with E-state index in [1.54, 1.807) is 43.3 Å². The summed E-state index contributed by atoms with van der Waals surface area (Å²) in [5, 5.41) is 13.8. The Morgan fingerprint density at radius 1 is 1.19 bits per heavy atom. The molecule has 26 heavy (non-hydrogen) atoms. The molecule has 0 radical (unpaired) electrons. The number of benzene rings is 2. The summed E-state index contributed by atoms with van der Waals surface area (Å²) in [5.41, 5.74) is 1.54. The number of halogens is 2. The Bertz CT molecular complexity index is 886. The van der Waals surface area contributed by atoms with Gasteiger partial charge in [0.05, 0.1) is 17.3 Å². The number of hydrogen-bond acceptors (Lipinski definition) is 5. The lowest BCUT2D eigenvalue weighted by Gasteiger charge is -2.16. The van der Waals surface area contributed by atoms with Gasteiger partial charge in [-0.05, 0) is 47.2 Å². The molecule has 1 atom stereocenters. The molecule has 3 rings (SSSR count). The first-order valence-corrected chi connectivity index (χ1v) is 7.72. The van der Waals surface area contributed by atoms with Gasteiger partial charge in [0.1, 0.15) is 12.1 Å². The average Bonchev–Trinajstić information content (AvgIpc) is 3.16. The highest BCUT2D eigenvalue weighted by molar-refractivity contribution is 5.97. The number of alkyl halides is 2. The highest BCUT2D eigenvalue weighted by Crippen LogP contribution is 2.21. The van der Waals surface area contributed by atoms with Crippen LogP contribution in [0.5, 0.6) is 5.75 Å². The second kappa shape index (κ2) is 7.68. The van der Waals surface area contributed by atoms with Crippen molar-refractivity contribution in [2.45, 2.75) is 19.6 Å². The molecule has 1 amide bonds. The smallest absolute Gasteiger partial charge is 0.387 e. The molecule has 0 bridgehead atoms. The second-order valence-electron chi connectivity index (χ2n) is 5.42. The zero-order chi connectivity index (χ0) is 18.5. The molecule has 0 spiro atoms. The standard InChI is InChI=1S/C17H15F2N5O2/c1-11(12-5-4-6-13(9-12)26-17(18)19)21-16(25)14-7-2-3-8-15(14)24-10-20-22-23-24/h2-11,17H,1H3,(H,21,25). The van der Waals surface area contributed by atoms with E-state index in [1.165, 1.54) is 23.1 Å². The number of carbonyl (C=O) groups is 1. The third kappa shape index (κ3) is 4.00. The number of ether oxygens (including phenoxy) is 1. The molecule has 3 aromatic rings. The van der Waals surface area contributed by atoms with Gasteiger partial charge in [0.15, 0.2) is 0 Å². The number of nitrogens with zero attached hydrogens (tertiary/aromatic N) is 4. The summed E-state index contributed by atoms with van der Waals surface area (Å²) >= 11 is 0. The van der Waals surface area contributed by atoms with Gasteiger partial charge < -0.3 is 10.1 Å². The number of nitrogens with one attached hydrogen (secondary N) is 1. The highest BCUT2D eigenvalue weighted by Gasteiger charge is 2.17. The average molecular weight is 359 g/mol. The predicted octanol–water partition coefficient (Wildman–Crippen LogP) is 2.75. The number of hydrogen-bond donors (Lipinski definition) is 1. The van der Waals surface area contributed by atoms with Crippen LogP contribution in [-0.4, -0.2) is 32.7 Å². The van der Waals surface area contributed by atoms with Crippen molar-refractivity contribution in [3.8, 4) is 11.4 Å². The van der Waals surface area contributed by atoms with E-state index < -0.39 is 12.7 Å². The van der Waals surface area contributed by atoms with E-state index in [-0.39, 0.29) is 11.7 Å². The van der Waals surface area contributed by atoms with Crippen LogP contribution in [0.3, 0.4) is 0 Å². The molecule has 1 aromatic heterocycles. The van der Waals surface area contributed by atoms with E-state index in [2.05, 4.69) is 25.6 Å². The van der Waals surface area contributed by atoms with Gasteiger partial charge in [-0.2, -0.15) is 13.5 Å². The Labute approximate surface area is 147 Å². The fourth-order valence-electron chi connectivity index (χ4n) is 2.45.